The maximum atomic E-state index is 9.50. The fourth-order valence-corrected chi connectivity index (χ4v) is 3.36. The van der Waals surface area contributed by atoms with E-state index in [-0.39, 0.29) is 0 Å². The molecule has 0 aromatic carbocycles. The zero-order valence-electron chi connectivity index (χ0n) is 3.42. The van der Waals surface area contributed by atoms with E-state index < -0.39 is 23.1 Å². The predicted molar refractivity (Wildman–Crippen MR) is 33.9 cm³/mol. The Kier molecular flexibility index (Phi) is 7.58. The van der Waals surface area contributed by atoms with Crippen molar-refractivity contribution in [3.05, 3.63) is 0 Å². The molecule has 0 aromatic heterocycles. The predicted octanol–water partition coefficient (Wildman–Crippen LogP) is 0.173. The van der Waals surface area contributed by atoms with Gasteiger partial charge in [0.2, 0.25) is 0 Å². The molecule has 1 nitrogen and oxygen atoms in total. The fraction of sp³-hybridized carbons (Fsp3) is 0. The van der Waals surface area contributed by atoms with Crippen molar-refractivity contribution in [1.29, 1.82) is 0 Å². The van der Waals surface area contributed by atoms with Gasteiger partial charge in [-0.15, -0.1) is 0 Å². The van der Waals surface area contributed by atoms with Gasteiger partial charge in [0, 0.05) is 0 Å². The van der Waals surface area contributed by atoms with Gasteiger partial charge in [-0.3, -0.25) is 0 Å². The van der Waals surface area contributed by atoms with Gasteiger partial charge in [-0.1, -0.05) is 0 Å². The third-order valence-corrected chi connectivity index (χ3v) is 6.65. The molecule has 0 aliphatic rings. The van der Waals surface area contributed by atoms with Crippen molar-refractivity contribution in [3.8, 4) is 9.40 Å². The molecule has 0 spiro atoms. The molecule has 7 heavy (non-hydrogen) atoms. The first-order chi connectivity index (χ1) is 3.41. The first-order valence-corrected chi connectivity index (χ1v) is 11.7. The summed E-state index contributed by atoms with van der Waals surface area (Å²) in [5, 5.41) is 0. The van der Waals surface area contributed by atoms with Crippen LogP contribution in [-0.4, -0.2) is 29.4 Å². The summed E-state index contributed by atoms with van der Waals surface area (Å²) in [6, 6.07) is 0. The quantitative estimate of drug-likeness (QED) is 0.274. The summed E-state index contributed by atoms with van der Waals surface area (Å²) in [5.74, 6) is 2.34. The Hall–Kier alpha value is 0.802. The Morgan fingerprint density at radius 1 is 1.86 bits per heavy atom. The van der Waals surface area contributed by atoms with Crippen LogP contribution in [0.3, 0.4) is 0 Å². The van der Waals surface area contributed by atoms with Crippen LogP contribution in [0.4, 0.5) is 0 Å². The second-order valence-electron chi connectivity index (χ2n) is 0.641. The first-order valence-electron chi connectivity index (χ1n) is 1.50. The van der Waals surface area contributed by atoms with Crippen molar-refractivity contribution in [2.45, 2.75) is 0 Å². The van der Waals surface area contributed by atoms with Crippen LogP contribution in [0.15, 0.2) is 0 Å². The van der Waals surface area contributed by atoms with E-state index in [2.05, 4.69) is 21.2 Å². The van der Waals surface area contributed by atoms with Gasteiger partial charge in [0.15, 0.2) is 0 Å². The molecule has 32 valence electrons. The number of hydrogen-bond acceptors (Lipinski definition) is 2. The minimum atomic E-state index is -0.901. The molecule has 0 aliphatic heterocycles. The average Bonchev–Trinajstić information content (AvgIpc) is 1.69. The monoisotopic (exact) mass is 321 g/mol. The zero-order chi connectivity index (χ0) is 5.54. The number of aldehydes is 1. The molecule has 0 saturated carbocycles. The number of carbonyl (C=O) groups excluding carboxylic acids is 1. The van der Waals surface area contributed by atoms with E-state index in [0.29, 0.717) is 6.29 Å². The van der Waals surface area contributed by atoms with Crippen molar-refractivity contribution in [1.82, 2.24) is 0 Å². The summed E-state index contributed by atoms with van der Waals surface area (Å²) in [5.41, 5.74) is 0. The molecule has 0 atom stereocenters. The third kappa shape index (κ3) is 6.80. The molecule has 0 heterocycles. The summed E-state index contributed by atoms with van der Waals surface area (Å²) in [6.07, 6.45) is 0.622. The fourth-order valence-electron chi connectivity index (χ4n) is 0.0976. The number of hydrogen-bond donors (Lipinski definition) is 0. The van der Waals surface area contributed by atoms with E-state index in [1.54, 1.807) is 0 Å². The van der Waals surface area contributed by atoms with E-state index in [1.807, 2.05) is 0 Å². The molecule has 0 amide bonds. The van der Waals surface area contributed by atoms with E-state index in [9.17, 15) is 4.79 Å². The molecule has 0 fully saturated rings. The van der Waals surface area contributed by atoms with Crippen LogP contribution in [-0.2, 0) is 16.6 Å². The SMILES string of the molecule is O=CC#[C][Tl]=[P+]=S. The molecule has 4 heteroatoms. The van der Waals surface area contributed by atoms with Crippen LogP contribution in [0.2, 0.25) is 0 Å². The summed E-state index contributed by atoms with van der Waals surface area (Å²) in [6.45, 7) is 0. The van der Waals surface area contributed by atoms with Crippen molar-refractivity contribution >= 4 is 45.2 Å². The van der Waals surface area contributed by atoms with Crippen LogP contribution in [0, 0.1) is 9.40 Å². The van der Waals surface area contributed by atoms with E-state index >= 15 is 0 Å². The Morgan fingerprint density at radius 2 is 2.57 bits per heavy atom. The average molecular weight is 320 g/mol. The molecule has 0 aliphatic carbocycles. The standard InChI is InChI=1S/C3HO.PS.Tl/c1-2-3-4;1-2;/h3H;;/q;-1;+2. The Bertz CT molecular complexity index is 162. The van der Waals surface area contributed by atoms with Crippen LogP contribution < -0.4 is 0 Å². The summed E-state index contributed by atoms with van der Waals surface area (Å²) >= 11 is 3.71. The van der Waals surface area contributed by atoms with Gasteiger partial charge in [0.25, 0.3) is 0 Å². The molecule has 0 rings (SSSR count). The van der Waals surface area contributed by atoms with Crippen molar-refractivity contribution < 1.29 is 4.79 Å². The molecule has 0 unspecified atom stereocenters. The van der Waals surface area contributed by atoms with Gasteiger partial charge in [-0.05, 0) is 0 Å². The molecule has 0 bridgehead atoms. The number of carbonyl (C=O) groups is 1. The van der Waals surface area contributed by atoms with Crippen molar-refractivity contribution in [2.75, 3.05) is 0 Å². The van der Waals surface area contributed by atoms with E-state index in [4.69, 9.17) is 0 Å². The molecule has 0 radical (unpaired) electrons. The molecule has 0 N–H and O–H groups in total. The molecule has 0 aromatic rings. The summed E-state index contributed by atoms with van der Waals surface area (Å²) in [4.78, 5) is 9.50. The normalized spacial score (nSPS) is 4.57. The molecular weight excluding hydrogens is 319 g/mol. The Labute approximate surface area is 59.1 Å². The van der Waals surface area contributed by atoms with Crippen molar-refractivity contribution in [2.24, 2.45) is 0 Å². The number of rotatable bonds is 0. The second-order valence-corrected chi connectivity index (χ2v) is 13.3. The van der Waals surface area contributed by atoms with Gasteiger partial charge < -0.3 is 0 Å². The van der Waals surface area contributed by atoms with Gasteiger partial charge in [0.1, 0.15) is 0 Å². The Balaban J connectivity index is 3.67. The second kappa shape index (κ2) is 6.80. The molecule has 0 saturated heterocycles. The van der Waals surface area contributed by atoms with Crippen LogP contribution >= 0.6 is 4.00 Å². The van der Waals surface area contributed by atoms with Crippen molar-refractivity contribution in [3.63, 3.8) is 0 Å². The minimum absolute atomic E-state index is 0.622. The van der Waals surface area contributed by atoms with Gasteiger partial charge >= 0.3 is 59.4 Å². The van der Waals surface area contributed by atoms with Crippen LogP contribution in [0.5, 0.6) is 0 Å². The first kappa shape index (κ1) is 7.80. The zero-order valence-corrected chi connectivity index (χ0v) is 9.62. The topological polar surface area (TPSA) is 17.1 Å². The van der Waals surface area contributed by atoms with Crippen LogP contribution in [0.25, 0.3) is 0 Å². The van der Waals surface area contributed by atoms with E-state index in [1.165, 1.54) is 0 Å². The van der Waals surface area contributed by atoms with Gasteiger partial charge in [-0.2, -0.15) is 0 Å². The van der Waals surface area contributed by atoms with Gasteiger partial charge in [-0.25, -0.2) is 0 Å². The molecular formula is C3HOPSTl+. The maximum absolute atomic E-state index is 9.50. The third-order valence-electron chi connectivity index (χ3n) is 0.260. The van der Waals surface area contributed by atoms with Gasteiger partial charge in [0.05, 0.1) is 0 Å². The summed E-state index contributed by atoms with van der Waals surface area (Å²) in [7, 11) is 0. The van der Waals surface area contributed by atoms with Crippen LogP contribution in [0.1, 0.15) is 0 Å². The Morgan fingerprint density at radius 3 is 3.00 bits per heavy atom. The summed E-state index contributed by atoms with van der Waals surface area (Å²) < 4.78 is 3.77. The van der Waals surface area contributed by atoms with E-state index in [0.717, 1.165) is 4.00 Å².